The average Bonchev–Trinajstić information content (AvgIpc) is 3.22. The lowest BCUT2D eigenvalue weighted by atomic mass is 9.97. The number of hydrogen-bond acceptors (Lipinski definition) is 7. The van der Waals surface area contributed by atoms with Crippen molar-refractivity contribution >= 4 is 39.2 Å². The first-order valence-electron chi connectivity index (χ1n) is 11.1. The predicted octanol–water partition coefficient (Wildman–Crippen LogP) is 3.57. The highest BCUT2D eigenvalue weighted by Gasteiger charge is 2.23. The molecule has 2 aliphatic rings. The molecule has 1 aliphatic carbocycles. The molecule has 5 rings (SSSR count). The van der Waals surface area contributed by atoms with Gasteiger partial charge >= 0.3 is 0 Å². The summed E-state index contributed by atoms with van der Waals surface area (Å²) in [5.41, 5.74) is 1.13. The number of para-hydroxylation sites is 2. The van der Waals surface area contributed by atoms with E-state index in [2.05, 4.69) is 11.9 Å². The van der Waals surface area contributed by atoms with Crippen molar-refractivity contribution in [1.82, 2.24) is 14.9 Å². The molecular weight excluding hydrogens is 458 g/mol. The van der Waals surface area contributed by atoms with E-state index >= 15 is 0 Å². The number of fused-ring (bicyclic) bond motifs is 4. The number of carbonyl (C=O) groups is 1. The van der Waals surface area contributed by atoms with Crippen molar-refractivity contribution in [2.45, 2.75) is 43.5 Å². The number of ether oxygens (including phenoxy) is 2. The first-order valence-corrected chi connectivity index (χ1v) is 12.9. The summed E-state index contributed by atoms with van der Waals surface area (Å²) in [5, 5.41) is 4.20. The van der Waals surface area contributed by atoms with Gasteiger partial charge in [0.2, 0.25) is 5.91 Å². The number of aryl methyl sites for hydroxylation is 2. The second kappa shape index (κ2) is 9.61. The maximum Gasteiger partial charge on any atom is 0.263 e. The third kappa shape index (κ3) is 4.52. The van der Waals surface area contributed by atoms with Crippen LogP contribution in [0.3, 0.4) is 0 Å². The van der Waals surface area contributed by atoms with Gasteiger partial charge in [-0.15, -0.1) is 17.9 Å². The van der Waals surface area contributed by atoms with E-state index in [0.29, 0.717) is 36.4 Å². The van der Waals surface area contributed by atoms with Gasteiger partial charge in [-0.1, -0.05) is 30.0 Å². The van der Waals surface area contributed by atoms with Crippen molar-refractivity contribution in [3.8, 4) is 11.5 Å². The fourth-order valence-electron chi connectivity index (χ4n) is 4.19. The standard InChI is InChI=1S/C24H25N3O4S2/c1-2-11-27-23(29)21-16-7-3-6-10-19(16)33-22(21)26-24(27)32-14-20(28)25-12-15-13-30-17-8-4-5-9-18(17)31-15/h2,4-5,8-9,15H,1,3,6-7,10-14H2,(H,25,28)/t15-/m0/s1. The Morgan fingerprint density at radius 1 is 1.30 bits per heavy atom. The molecule has 3 aromatic rings. The van der Waals surface area contributed by atoms with Crippen LogP contribution in [0.2, 0.25) is 0 Å². The lowest BCUT2D eigenvalue weighted by Gasteiger charge is -2.26. The SMILES string of the molecule is C=CCn1c(SCC(=O)NC[C@H]2COc3ccccc3O2)nc2sc3c(c2c1=O)CCCC3. The normalized spacial score (nSPS) is 16.9. The summed E-state index contributed by atoms with van der Waals surface area (Å²) in [6.07, 6.45) is 5.66. The molecule has 0 unspecified atom stereocenters. The zero-order valence-corrected chi connectivity index (χ0v) is 19.8. The number of nitrogens with one attached hydrogen (secondary N) is 1. The summed E-state index contributed by atoms with van der Waals surface area (Å²) >= 11 is 2.89. The van der Waals surface area contributed by atoms with Crippen LogP contribution in [0.25, 0.3) is 10.2 Å². The molecule has 0 saturated carbocycles. The Kier molecular flexibility index (Phi) is 6.41. The van der Waals surface area contributed by atoms with Crippen molar-refractivity contribution in [2.24, 2.45) is 0 Å². The summed E-state index contributed by atoms with van der Waals surface area (Å²) in [7, 11) is 0. The summed E-state index contributed by atoms with van der Waals surface area (Å²) in [4.78, 5) is 32.6. The largest absolute Gasteiger partial charge is 0.486 e. The molecule has 0 fully saturated rings. The molecule has 0 bridgehead atoms. The number of rotatable bonds is 7. The lowest BCUT2D eigenvalue weighted by molar-refractivity contribution is -0.119. The van der Waals surface area contributed by atoms with Crippen molar-refractivity contribution < 1.29 is 14.3 Å². The van der Waals surface area contributed by atoms with Crippen LogP contribution in [0.15, 0.2) is 46.9 Å². The monoisotopic (exact) mass is 483 g/mol. The van der Waals surface area contributed by atoms with Crippen LogP contribution in [0, 0.1) is 0 Å². The molecule has 0 spiro atoms. The minimum Gasteiger partial charge on any atom is -0.486 e. The molecule has 3 heterocycles. The van der Waals surface area contributed by atoms with E-state index in [1.54, 1.807) is 22.0 Å². The zero-order chi connectivity index (χ0) is 22.8. The van der Waals surface area contributed by atoms with Crippen molar-refractivity contribution in [2.75, 3.05) is 18.9 Å². The second-order valence-corrected chi connectivity index (χ2v) is 10.1. The lowest BCUT2D eigenvalue weighted by Crippen LogP contribution is -2.41. The Morgan fingerprint density at radius 2 is 2.12 bits per heavy atom. The van der Waals surface area contributed by atoms with Gasteiger partial charge in [-0.2, -0.15) is 0 Å². The molecule has 7 nitrogen and oxygen atoms in total. The van der Waals surface area contributed by atoms with E-state index in [9.17, 15) is 9.59 Å². The number of benzene rings is 1. The van der Waals surface area contributed by atoms with Gasteiger partial charge in [-0.05, 0) is 43.4 Å². The van der Waals surface area contributed by atoms with Crippen LogP contribution in [-0.2, 0) is 24.2 Å². The third-order valence-electron chi connectivity index (χ3n) is 5.78. The summed E-state index contributed by atoms with van der Waals surface area (Å²) in [6.45, 7) is 4.87. The molecule has 1 N–H and O–H groups in total. The molecule has 33 heavy (non-hydrogen) atoms. The molecule has 0 radical (unpaired) electrons. The number of thioether (sulfide) groups is 1. The fourth-order valence-corrected chi connectivity index (χ4v) is 6.33. The Hall–Kier alpha value is -2.78. The second-order valence-electron chi connectivity index (χ2n) is 8.08. The first kappa shape index (κ1) is 22.0. The molecule has 9 heteroatoms. The summed E-state index contributed by atoms with van der Waals surface area (Å²) in [6, 6.07) is 7.49. The molecule has 2 aromatic heterocycles. The number of hydrogen-bond donors (Lipinski definition) is 1. The molecule has 1 amide bonds. The predicted molar refractivity (Wildman–Crippen MR) is 131 cm³/mol. The smallest absolute Gasteiger partial charge is 0.263 e. The minimum atomic E-state index is -0.250. The molecule has 1 aliphatic heterocycles. The van der Waals surface area contributed by atoms with Gasteiger partial charge in [0.15, 0.2) is 16.7 Å². The van der Waals surface area contributed by atoms with Gasteiger partial charge in [-0.3, -0.25) is 14.2 Å². The van der Waals surface area contributed by atoms with Crippen molar-refractivity contribution in [3.63, 3.8) is 0 Å². The number of amides is 1. The van der Waals surface area contributed by atoms with E-state index in [4.69, 9.17) is 14.5 Å². The first-order chi connectivity index (χ1) is 16.1. The summed E-state index contributed by atoms with van der Waals surface area (Å²) < 4.78 is 13.2. The minimum absolute atomic E-state index is 0.0337. The molecular formula is C24H25N3O4S2. The Balaban J connectivity index is 1.26. The van der Waals surface area contributed by atoms with Crippen LogP contribution in [0.4, 0.5) is 0 Å². The average molecular weight is 484 g/mol. The van der Waals surface area contributed by atoms with E-state index < -0.39 is 0 Å². The van der Waals surface area contributed by atoms with Crippen LogP contribution in [0.5, 0.6) is 11.5 Å². The van der Waals surface area contributed by atoms with Crippen molar-refractivity contribution in [3.05, 3.63) is 57.7 Å². The highest BCUT2D eigenvalue weighted by atomic mass is 32.2. The van der Waals surface area contributed by atoms with Crippen LogP contribution in [0.1, 0.15) is 23.3 Å². The van der Waals surface area contributed by atoms with E-state index in [1.807, 2.05) is 24.3 Å². The van der Waals surface area contributed by atoms with E-state index in [1.165, 1.54) is 22.2 Å². The number of thiophene rings is 1. The third-order valence-corrected chi connectivity index (χ3v) is 7.94. The molecule has 172 valence electrons. The zero-order valence-electron chi connectivity index (χ0n) is 18.2. The molecule has 1 atom stereocenters. The van der Waals surface area contributed by atoms with Crippen LogP contribution in [-0.4, -0.2) is 40.5 Å². The quantitative estimate of drug-likeness (QED) is 0.314. The van der Waals surface area contributed by atoms with Gasteiger partial charge in [-0.25, -0.2) is 4.98 Å². The Morgan fingerprint density at radius 3 is 2.97 bits per heavy atom. The summed E-state index contributed by atoms with van der Waals surface area (Å²) in [5.74, 6) is 1.41. The Labute approximate surface area is 199 Å². The fraction of sp³-hybridized carbons (Fsp3) is 0.375. The number of nitrogens with zero attached hydrogens (tertiary/aromatic N) is 2. The number of allylic oxidation sites excluding steroid dienone is 1. The molecule has 0 saturated heterocycles. The van der Waals surface area contributed by atoms with Crippen LogP contribution >= 0.6 is 23.1 Å². The van der Waals surface area contributed by atoms with Gasteiger partial charge in [0.05, 0.1) is 17.7 Å². The van der Waals surface area contributed by atoms with Gasteiger partial charge in [0, 0.05) is 11.4 Å². The maximum absolute atomic E-state index is 13.3. The van der Waals surface area contributed by atoms with Crippen LogP contribution < -0.4 is 20.3 Å². The van der Waals surface area contributed by atoms with Gasteiger partial charge in [0.1, 0.15) is 17.5 Å². The number of carbonyl (C=O) groups excluding carboxylic acids is 1. The molecule has 1 aromatic carbocycles. The van der Waals surface area contributed by atoms with E-state index in [-0.39, 0.29) is 23.3 Å². The number of aromatic nitrogens is 2. The van der Waals surface area contributed by atoms with E-state index in [0.717, 1.165) is 35.9 Å². The maximum atomic E-state index is 13.3. The highest BCUT2D eigenvalue weighted by Crippen LogP contribution is 2.35. The topological polar surface area (TPSA) is 82.5 Å². The van der Waals surface area contributed by atoms with Crippen molar-refractivity contribution in [1.29, 1.82) is 0 Å². The van der Waals surface area contributed by atoms with Gasteiger partial charge in [0.25, 0.3) is 5.56 Å². The Bertz CT molecular complexity index is 1270. The highest BCUT2D eigenvalue weighted by molar-refractivity contribution is 7.99. The van der Waals surface area contributed by atoms with Gasteiger partial charge < -0.3 is 14.8 Å².